The van der Waals surface area contributed by atoms with Gasteiger partial charge in [0.1, 0.15) is 0 Å². The van der Waals surface area contributed by atoms with Crippen molar-refractivity contribution in [2.24, 2.45) is 61.7 Å². The summed E-state index contributed by atoms with van der Waals surface area (Å²) in [5.74, 6) is 2.59. The van der Waals surface area contributed by atoms with Crippen molar-refractivity contribution in [3.8, 4) is 0 Å². The molecule has 4 rings (SSSR count). The van der Waals surface area contributed by atoms with E-state index in [1.807, 2.05) is 0 Å². The molecule has 0 heterocycles. The van der Waals surface area contributed by atoms with E-state index in [2.05, 4.69) is 50.8 Å². The summed E-state index contributed by atoms with van der Waals surface area (Å²) in [4.78, 5) is 8.72. The van der Waals surface area contributed by atoms with Crippen LogP contribution in [0.4, 0.5) is 0 Å². The van der Waals surface area contributed by atoms with E-state index >= 15 is 0 Å². The predicted molar refractivity (Wildman–Crippen MR) is 163 cm³/mol. The maximum Gasteiger partial charge on any atom is 0.0637 e. The molecule has 0 aromatic carbocycles. The Kier molecular flexibility index (Phi) is 12.3. The highest BCUT2D eigenvalue weighted by Gasteiger charge is 2.66. The van der Waals surface area contributed by atoms with Crippen molar-refractivity contribution >= 4 is 0 Å². The third-order valence-corrected chi connectivity index (χ3v) is 12.0. The second-order valence-corrected chi connectivity index (χ2v) is 13.8. The topological polar surface area (TPSA) is 194 Å². The van der Waals surface area contributed by atoms with E-state index in [1.54, 1.807) is 0 Å². The van der Waals surface area contributed by atoms with Gasteiger partial charge in [-0.2, -0.15) is 0 Å². The van der Waals surface area contributed by atoms with E-state index in [-0.39, 0.29) is 35.7 Å². The molecule has 43 heavy (non-hydrogen) atoms. The summed E-state index contributed by atoms with van der Waals surface area (Å²) < 4.78 is 19.6. The molecule has 240 valence electrons. The molecule has 1 N–H and O–H groups in total. The number of rotatable bonds is 16. The number of hydrogen-bond donors (Lipinski definition) is 1. The highest BCUT2D eigenvalue weighted by atomic mass is 16.5. The Balaban J connectivity index is 1.65. The van der Waals surface area contributed by atoms with Crippen molar-refractivity contribution in [2.45, 2.75) is 96.9 Å². The molecule has 13 heteroatoms. The number of nitrogens with zero attached hydrogens (tertiary/aromatic N) is 9. The Morgan fingerprint density at radius 3 is 2.14 bits per heavy atom. The number of fused-ring (bicyclic) bond motifs is 5. The first-order valence-electron chi connectivity index (χ1n) is 16.3. The summed E-state index contributed by atoms with van der Waals surface area (Å²) in [6, 6.07) is 0. The summed E-state index contributed by atoms with van der Waals surface area (Å²) in [5.41, 5.74) is 26.4. The zero-order valence-electron chi connectivity index (χ0n) is 26.2. The summed E-state index contributed by atoms with van der Waals surface area (Å²) in [7, 11) is 0. The molecular weight excluding hydrogens is 550 g/mol. The van der Waals surface area contributed by atoms with Crippen LogP contribution in [0.2, 0.25) is 0 Å². The lowest BCUT2D eigenvalue weighted by Crippen LogP contribution is -2.63. The third kappa shape index (κ3) is 7.20. The van der Waals surface area contributed by atoms with Crippen LogP contribution in [0.1, 0.15) is 78.6 Å². The maximum absolute atomic E-state index is 9.57. The second-order valence-electron chi connectivity index (χ2n) is 13.8. The minimum Gasteiger partial charge on any atom is -0.396 e. The van der Waals surface area contributed by atoms with Crippen LogP contribution >= 0.6 is 0 Å². The average Bonchev–Trinajstić information content (AvgIpc) is 3.37. The zero-order valence-corrected chi connectivity index (χ0v) is 26.2. The van der Waals surface area contributed by atoms with Gasteiger partial charge in [-0.1, -0.05) is 36.1 Å². The monoisotopic (exact) mass is 601 g/mol. The van der Waals surface area contributed by atoms with E-state index < -0.39 is 0 Å². The SMILES string of the molecule is C[C@H](CCCO)[C@H]1CC[C@H]2C3C(OCCN=[N+]=[N-])CC4C[C@H](OCCN=[N+]=[N-])CC[C@]4(C)[C@H]3C[C@H](OCCN=[N+]=[N-])[C@]12C. The molecule has 11 atom stereocenters. The van der Waals surface area contributed by atoms with Gasteiger partial charge in [-0.3, -0.25) is 0 Å². The molecular formula is C30H51N9O4. The van der Waals surface area contributed by atoms with E-state index in [1.165, 1.54) is 0 Å². The normalized spacial score (nSPS) is 38.8. The van der Waals surface area contributed by atoms with Crippen molar-refractivity contribution in [2.75, 3.05) is 46.1 Å². The van der Waals surface area contributed by atoms with Crippen LogP contribution in [0.25, 0.3) is 31.3 Å². The average molecular weight is 602 g/mol. The van der Waals surface area contributed by atoms with Crippen molar-refractivity contribution in [3.05, 3.63) is 31.3 Å². The fourth-order valence-corrected chi connectivity index (χ4v) is 10.1. The van der Waals surface area contributed by atoms with Gasteiger partial charge >= 0.3 is 0 Å². The Morgan fingerprint density at radius 2 is 1.49 bits per heavy atom. The number of azide groups is 3. The van der Waals surface area contributed by atoms with Crippen LogP contribution in [-0.2, 0) is 14.2 Å². The van der Waals surface area contributed by atoms with Crippen LogP contribution in [0.3, 0.4) is 0 Å². The lowest BCUT2D eigenvalue weighted by molar-refractivity contribution is -0.226. The van der Waals surface area contributed by atoms with Crippen molar-refractivity contribution in [1.82, 2.24) is 0 Å². The third-order valence-electron chi connectivity index (χ3n) is 12.0. The van der Waals surface area contributed by atoms with Gasteiger partial charge in [0.2, 0.25) is 0 Å². The molecule has 0 aliphatic heterocycles. The minimum absolute atomic E-state index is 0.0500. The molecule has 3 unspecified atom stereocenters. The van der Waals surface area contributed by atoms with Gasteiger partial charge in [0.25, 0.3) is 0 Å². The molecule has 4 aliphatic carbocycles. The van der Waals surface area contributed by atoms with Crippen LogP contribution in [0, 0.1) is 46.3 Å². The first-order valence-corrected chi connectivity index (χ1v) is 16.3. The molecule has 4 aliphatic rings. The standard InChI is InChI=1S/C30H51N9O4/c1-20(5-4-13-40)23-6-7-24-28-25(19-27(30(23,24)3)43-16-12-36-39-33)29(2)9-8-22(41-14-10-34-37-31)17-21(29)18-26(28)42-15-11-35-38-32/h20-28,40H,4-19H2,1-3H3/t20-,21?,22-,23-,24+,25+,26?,27+,28?,29+,30-/m1/s1. The van der Waals surface area contributed by atoms with Gasteiger partial charge in [-0.05, 0) is 115 Å². The summed E-state index contributed by atoms with van der Waals surface area (Å²) in [5, 5.41) is 20.7. The Labute approximate surface area is 255 Å². The molecule has 13 nitrogen and oxygen atoms in total. The molecule has 4 fully saturated rings. The summed E-state index contributed by atoms with van der Waals surface area (Å²) >= 11 is 0. The lowest BCUT2D eigenvalue weighted by Gasteiger charge is -2.64. The molecule has 0 bridgehead atoms. The summed E-state index contributed by atoms with van der Waals surface area (Å²) in [6.07, 6.45) is 9.25. The van der Waals surface area contributed by atoms with Gasteiger partial charge in [0.15, 0.2) is 0 Å². The zero-order chi connectivity index (χ0) is 30.9. The van der Waals surface area contributed by atoms with Gasteiger partial charge in [-0.25, -0.2) is 0 Å². The minimum atomic E-state index is -0.0520. The largest absolute Gasteiger partial charge is 0.396 e. The highest BCUT2D eigenvalue weighted by molar-refractivity contribution is 5.15. The molecule has 0 radical (unpaired) electrons. The smallest absolute Gasteiger partial charge is 0.0637 e. The number of hydrogen-bond acceptors (Lipinski definition) is 7. The van der Waals surface area contributed by atoms with E-state index in [0.717, 1.165) is 57.8 Å². The number of aliphatic hydroxyl groups is 1. The van der Waals surface area contributed by atoms with Gasteiger partial charge in [-0.15, -0.1) is 0 Å². The molecule has 0 aromatic rings. The Morgan fingerprint density at radius 1 is 0.837 bits per heavy atom. The second kappa shape index (κ2) is 15.7. The predicted octanol–water partition coefficient (Wildman–Crippen LogP) is 7.36. The Hall–Kier alpha value is -2.23. The van der Waals surface area contributed by atoms with Crippen molar-refractivity contribution < 1.29 is 19.3 Å². The van der Waals surface area contributed by atoms with E-state index in [0.29, 0.717) is 75.0 Å². The van der Waals surface area contributed by atoms with Crippen LogP contribution in [0.5, 0.6) is 0 Å². The number of ether oxygens (including phenoxy) is 3. The molecule has 0 spiro atoms. The molecule has 0 amide bonds. The fraction of sp³-hybridized carbons (Fsp3) is 1.00. The lowest BCUT2D eigenvalue weighted by atomic mass is 9.43. The van der Waals surface area contributed by atoms with Gasteiger partial charge < -0.3 is 19.3 Å². The first-order chi connectivity index (χ1) is 20.8. The maximum atomic E-state index is 9.57. The van der Waals surface area contributed by atoms with Crippen LogP contribution in [-0.4, -0.2) is 69.5 Å². The van der Waals surface area contributed by atoms with Gasteiger partial charge in [0, 0.05) is 46.4 Å². The molecule has 4 saturated carbocycles. The summed E-state index contributed by atoms with van der Waals surface area (Å²) in [6.45, 7) is 9.75. The first kappa shape index (κ1) is 33.7. The van der Waals surface area contributed by atoms with Gasteiger partial charge in [0.05, 0.1) is 38.1 Å². The quantitative estimate of drug-likeness (QED) is 0.0835. The van der Waals surface area contributed by atoms with E-state index in [4.69, 9.17) is 30.8 Å². The Bertz CT molecular complexity index is 1060. The number of aliphatic hydroxyl groups excluding tert-OH is 1. The van der Waals surface area contributed by atoms with E-state index in [9.17, 15) is 5.11 Å². The van der Waals surface area contributed by atoms with Crippen molar-refractivity contribution in [3.63, 3.8) is 0 Å². The molecule has 0 saturated heterocycles. The highest BCUT2D eigenvalue weighted by Crippen LogP contribution is 2.69. The fourth-order valence-electron chi connectivity index (χ4n) is 10.1. The molecule has 0 aromatic heterocycles. The van der Waals surface area contributed by atoms with Crippen LogP contribution in [0.15, 0.2) is 15.3 Å². The van der Waals surface area contributed by atoms with Crippen LogP contribution < -0.4 is 0 Å². The van der Waals surface area contributed by atoms with Crippen molar-refractivity contribution in [1.29, 1.82) is 0 Å².